The van der Waals surface area contributed by atoms with Crippen molar-refractivity contribution in [1.82, 2.24) is 15.0 Å². The maximum Gasteiger partial charge on any atom is 0.164 e. The highest BCUT2D eigenvalue weighted by Crippen LogP contribution is 2.63. The van der Waals surface area contributed by atoms with Crippen molar-refractivity contribution in [2.75, 3.05) is 12.4 Å². The molecule has 1 N–H and O–H groups in total. The van der Waals surface area contributed by atoms with Crippen LogP contribution >= 0.6 is 11.8 Å². The maximum absolute atomic E-state index is 5.13. The third kappa shape index (κ3) is 4.23. The fourth-order valence-corrected chi connectivity index (χ4v) is 9.10. The van der Waals surface area contributed by atoms with E-state index in [2.05, 4.69) is 127 Å². The number of nitrogens with zero attached hydrogens (tertiary/aromatic N) is 3. The highest BCUT2D eigenvalue weighted by molar-refractivity contribution is 7.99. The van der Waals surface area contributed by atoms with Crippen molar-refractivity contribution < 1.29 is 0 Å². The van der Waals surface area contributed by atoms with E-state index in [0.717, 1.165) is 22.4 Å². The van der Waals surface area contributed by atoms with Gasteiger partial charge in [-0.25, -0.2) is 15.0 Å². The average Bonchev–Trinajstić information content (AvgIpc) is 3.49. The fraction of sp³-hybridized carbons (Fsp3) is 0.0444. The molecule has 7 aromatic carbocycles. The molecule has 8 aromatic rings. The predicted octanol–water partition coefficient (Wildman–Crippen LogP) is 10.9. The molecule has 0 fully saturated rings. The van der Waals surface area contributed by atoms with Gasteiger partial charge < -0.3 is 5.32 Å². The molecule has 0 amide bonds. The molecular weight excluding hydrogens is 629 g/mol. The van der Waals surface area contributed by atoms with Gasteiger partial charge in [-0.2, -0.15) is 0 Å². The molecule has 1 unspecified atom stereocenters. The van der Waals surface area contributed by atoms with E-state index >= 15 is 0 Å². The first-order valence-electron chi connectivity index (χ1n) is 16.9. The number of anilines is 1. The summed E-state index contributed by atoms with van der Waals surface area (Å²) in [5.74, 6) is 1.96. The highest BCUT2D eigenvalue weighted by Gasteiger charge is 2.51. The van der Waals surface area contributed by atoms with Gasteiger partial charge >= 0.3 is 0 Å². The third-order valence-electron chi connectivity index (χ3n) is 10.2. The van der Waals surface area contributed by atoms with Crippen LogP contribution in [0.5, 0.6) is 0 Å². The Labute approximate surface area is 295 Å². The molecule has 5 heteroatoms. The molecule has 2 aliphatic rings. The lowest BCUT2D eigenvalue weighted by molar-refractivity contribution is 0.723. The molecule has 236 valence electrons. The largest absolute Gasteiger partial charge is 0.388 e. The topological polar surface area (TPSA) is 50.7 Å². The van der Waals surface area contributed by atoms with Gasteiger partial charge in [0.2, 0.25) is 0 Å². The summed E-state index contributed by atoms with van der Waals surface area (Å²) in [5.41, 5.74) is 11.1. The minimum atomic E-state index is -0.549. The Morgan fingerprint density at radius 2 is 1.08 bits per heavy atom. The third-order valence-corrected chi connectivity index (χ3v) is 11.3. The van der Waals surface area contributed by atoms with E-state index in [9.17, 15) is 0 Å². The lowest BCUT2D eigenvalue weighted by Crippen LogP contribution is -2.32. The number of fused-ring (bicyclic) bond motifs is 11. The molecule has 50 heavy (non-hydrogen) atoms. The second kappa shape index (κ2) is 11.3. The van der Waals surface area contributed by atoms with Crippen molar-refractivity contribution in [3.8, 4) is 45.3 Å². The molecule has 0 bridgehead atoms. The Morgan fingerprint density at radius 1 is 0.480 bits per heavy atom. The second-order valence-corrected chi connectivity index (χ2v) is 13.9. The zero-order valence-corrected chi connectivity index (χ0v) is 28.1. The summed E-state index contributed by atoms with van der Waals surface area (Å²) in [5, 5.41) is 5.95. The first-order chi connectivity index (χ1) is 24.7. The van der Waals surface area contributed by atoms with Crippen molar-refractivity contribution in [2.45, 2.75) is 15.2 Å². The lowest BCUT2D eigenvalue weighted by Gasteiger charge is -2.40. The summed E-state index contributed by atoms with van der Waals surface area (Å²) in [4.78, 5) is 17.7. The lowest BCUT2D eigenvalue weighted by atomic mass is 9.67. The molecule has 0 saturated heterocycles. The van der Waals surface area contributed by atoms with Crippen LogP contribution in [0.4, 0.5) is 5.69 Å². The molecular formula is C45H30N4S. The van der Waals surface area contributed by atoms with Crippen LogP contribution in [0.3, 0.4) is 0 Å². The number of benzene rings is 7. The molecule has 1 spiro atoms. The van der Waals surface area contributed by atoms with Crippen LogP contribution in [0, 0.1) is 0 Å². The Morgan fingerprint density at radius 3 is 1.80 bits per heavy atom. The van der Waals surface area contributed by atoms with Gasteiger partial charge in [0.05, 0.1) is 5.41 Å². The molecule has 10 rings (SSSR count). The van der Waals surface area contributed by atoms with Crippen LogP contribution in [0.15, 0.2) is 168 Å². The summed E-state index contributed by atoms with van der Waals surface area (Å²) in [6.07, 6.45) is 0. The van der Waals surface area contributed by atoms with Gasteiger partial charge in [-0.05, 0) is 74.5 Å². The average molecular weight is 659 g/mol. The van der Waals surface area contributed by atoms with Crippen LogP contribution in [-0.4, -0.2) is 22.0 Å². The Balaban J connectivity index is 1.28. The predicted molar refractivity (Wildman–Crippen MR) is 205 cm³/mol. The summed E-state index contributed by atoms with van der Waals surface area (Å²) >= 11 is 1.84. The van der Waals surface area contributed by atoms with Gasteiger partial charge in [-0.15, -0.1) is 0 Å². The van der Waals surface area contributed by atoms with Crippen molar-refractivity contribution in [3.63, 3.8) is 0 Å². The van der Waals surface area contributed by atoms with Gasteiger partial charge in [0.25, 0.3) is 0 Å². The second-order valence-electron chi connectivity index (χ2n) is 12.8. The zero-order chi connectivity index (χ0) is 33.2. The summed E-state index contributed by atoms with van der Waals surface area (Å²) in [6.45, 7) is 0. The van der Waals surface area contributed by atoms with Gasteiger partial charge in [0.15, 0.2) is 17.5 Å². The van der Waals surface area contributed by atoms with Crippen molar-refractivity contribution in [3.05, 3.63) is 180 Å². The van der Waals surface area contributed by atoms with Gasteiger partial charge in [0, 0.05) is 39.2 Å². The van der Waals surface area contributed by atoms with Gasteiger partial charge in [0.1, 0.15) is 0 Å². The molecule has 0 radical (unpaired) electrons. The van der Waals surface area contributed by atoms with E-state index < -0.39 is 5.41 Å². The summed E-state index contributed by atoms with van der Waals surface area (Å²) in [7, 11) is 2.00. The molecule has 4 nitrogen and oxygen atoms in total. The number of hydrogen-bond acceptors (Lipinski definition) is 5. The molecule has 1 aliphatic carbocycles. The van der Waals surface area contributed by atoms with Crippen LogP contribution in [0.25, 0.3) is 56.1 Å². The van der Waals surface area contributed by atoms with E-state index in [0.29, 0.717) is 17.5 Å². The molecule has 2 heterocycles. The first-order valence-corrected chi connectivity index (χ1v) is 17.7. The smallest absolute Gasteiger partial charge is 0.164 e. The minimum Gasteiger partial charge on any atom is -0.388 e. The fourth-order valence-electron chi connectivity index (χ4n) is 7.95. The monoisotopic (exact) mass is 658 g/mol. The van der Waals surface area contributed by atoms with Crippen molar-refractivity contribution >= 4 is 28.2 Å². The highest BCUT2D eigenvalue weighted by atomic mass is 32.2. The normalized spacial score (nSPS) is 15.3. The van der Waals surface area contributed by atoms with E-state index in [4.69, 9.17) is 15.0 Å². The van der Waals surface area contributed by atoms with Crippen LogP contribution < -0.4 is 5.32 Å². The number of rotatable bonds is 4. The molecule has 1 atom stereocenters. The van der Waals surface area contributed by atoms with E-state index in [-0.39, 0.29) is 0 Å². The first kappa shape index (κ1) is 28.9. The number of nitrogens with one attached hydrogen (secondary N) is 1. The Bertz CT molecular complexity index is 2560. The standard InChI is InChI=1S/C45H30N4S/c1-46-32-22-25-40-38(27-32)45(35-19-11-10-18-34(35)41-33-17-9-8-12-28(33)20-23-36(41)45)37-26-31(21-24-39(37)50-40)44-48-42(29-13-4-2-5-14-29)47-43(49-44)30-15-6-3-7-16-30/h2-27,46H,1H3. The minimum absolute atomic E-state index is 0.549. The van der Waals surface area contributed by atoms with Crippen LogP contribution in [-0.2, 0) is 5.41 Å². The van der Waals surface area contributed by atoms with Crippen molar-refractivity contribution in [1.29, 1.82) is 0 Å². The number of hydrogen-bond donors (Lipinski definition) is 1. The Hall–Kier alpha value is -6.04. The summed E-state index contributed by atoms with van der Waals surface area (Å²) < 4.78 is 0. The maximum atomic E-state index is 5.13. The van der Waals surface area contributed by atoms with E-state index in [1.54, 1.807) is 0 Å². The molecule has 1 aliphatic heterocycles. The Kier molecular flexibility index (Phi) is 6.51. The quantitative estimate of drug-likeness (QED) is 0.204. The molecule has 0 saturated carbocycles. The van der Waals surface area contributed by atoms with Gasteiger partial charge in [-0.1, -0.05) is 139 Å². The van der Waals surface area contributed by atoms with Crippen LogP contribution in [0.1, 0.15) is 22.3 Å². The van der Waals surface area contributed by atoms with Crippen molar-refractivity contribution in [2.24, 2.45) is 0 Å². The van der Waals surface area contributed by atoms with E-state index in [1.165, 1.54) is 53.9 Å². The SMILES string of the molecule is CNc1ccc2c(c1)C1(c3cc(-c4nc(-c5ccccc5)nc(-c5ccccc5)n4)ccc3S2)c2ccccc2-c2c1ccc1ccccc21. The van der Waals surface area contributed by atoms with Gasteiger partial charge in [-0.3, -0.25) is 0 Å². The number of aromatic nitrogens is 3. The van der Waals surface area contributed by atoms with E-state index in [1.807, 2.05) is 55.2 Å². The molecule has 1 aromatic heterocycles. The summed E-state index contributed by atoms with van der Waals surface area (Å²) in [6, 6.07) is 56.3. The zero-order valence-electron chi connectivity index (χ0n) is 27.3. The van der Waals surface area contributed by atoms with Crippen LogP contribution in [0.2, 0.25) is 0 Å².